The SMILES string of the molecule is CCCc1nc(NC)cc(-c2ccc(C(C)C)cc2)n1. The van der Waals surface area contributed by atoms with E-state index < -0.39 is 0 Å². The Morgan fingerprint density at radius 1 is 1.10 bits per heavy atom. The van der Waals surface area contributed by atoms with E-state index in [1.54, 1.807) is 0 Å². The number of nitrogens with zero attached hydrogens (tertiary/aromatic N) is 2. The molecule has 0 radical (unpaired) electrons. The molecule has 3 nitrogen and oxygen atoms in total. The molecule has 1 heterocycles. The summed E-state index contributed by atoms with van der Waals surface area (Å²) < 4.78 is 0. The lowest BCUT2D eigenvalue weighted by atomic mass is 10.0. The first-order valence-corrected chi connectivity index (χ1v) is 7.30. The Hall–Kier alpha value is -1.90. The van der Waals surface area contributed by atoms with Crippen LogP contribution < -0.4 is 5.32 Å². The first kappa shape index (κ1) is 14.5. The van der Waals surface area contributed by atoms with Crippen molar-refractivity contribution in [1.82, 2.24) is 9.97 Å². The molecule has 0 aliphatic heterocycles. The van der Waals surface area contributed by atoms with Gasteiger partial charge in [0, 0.05) is 25.1 Å². The zero-order chi connectivity index (χ0) is 14.5. The summed E-state index contributed by atoms with van der Waals surface area (Å²) >= 11 is 0. The smallest absolute Gasteiger partial charge is 0.131 e. The highest BCUT2D eigenvalue weighted by Gasteiger charge is 2.06. The van der Waals surface area contributed by atoms with Crippen LogP contribution in [0.25, 0.3) is 11.3 Å². The van der Waals surface area contributed by atoms with Gasteiger partial charge < -0.3 is 5.32 Å². The Kier molecular flexibility index (Phi) is 4.72. The monoisotopic (exact) mass is 269 g/mol. The number of hydrogen-bond acceptors (Lipinski definition) is 3. The Labute approximate surface area is 121 Å². The van der Waals surface area contributed by atoms with Crippen LogP contribution in [0.4, 0.5) is 5.82 Å². The summed E-state index contributed by atoms with van der Waals surface area (Å²) in [6.07, 6.45) is 1.96. The van der Waals surface area contributed by atoms with Crippen LogP contribution in [0.2, 0.25) is 0 Å². The van der Waals surface area contributed by atoms with Gasteiger partial charge in [-0.15, -0.1) is 0 Å². The summed E-state index contributed by atoms with van der Waals surface area (Å²) in [7, 11) is 1.89. The molecule has 0 saturated heterocycles. The van der Waals surface area contributed by atoms with E-state index in [2.05, 4.69) is 60.3 Å². The molecule has 2 rings (SSSR count). The minimum atomic E-state index is 0.554. The molecular weight excluding hydrogens is 246 g/mol. The molecule has 1 N–H and O–H groups in total. The van der Waals surface area contributed by atoms with Gasteiger partial charge in [-0.3, -0.25) is 0 Å². The van der Waals surface area contributed by atoms with E-state index >= 15 is 0 Å². The Bertz CT molecular complexity index is 559. The molecular formula is C17H23N3. The number of anilines is 1. The lowest BCUT2D eigenvalue weighted by molar-refractivity contribution is 0.837. The number of aromatic nitrogens is 2. The third kappa shape index (κ3) is 3.35. The standard InChI is InChI=1S/C17H23N3/c1-5-6-16-19-15(11-17(18-4)20-16)14-9-7-13(8-10-14)12(2)3/h7-12H,5-6H2,1-4H3,(H,18,19,20). The number of hydrogen-bond donors (Lipinski definition) is 1. The van der Waals surface area contributed by atoms with Crippen LogP contribution in [0.5, 0.6) is 0 Å². The highest BCUT2D eigenvalue weighted by atomic mass is 15.0. The van der Waals surface area contributed by atoms with Gasteiger partial charge >= 0.3 is 0 Å². The Balaban J connectivity index is 2.37. The van der Waals surface area contributed by atoms with Gasteiger partial charge in [0.15, 0.2) is 0 Å². The van der Waals surface area contributed by atoms with Crippen LogP contribution >= 0.6 is 0 Å². The summed E-state index contributed by atoms with van der Waals surface area (Å²) in [4.78, 5) is 9.16. The van der Waals surface area contributed by atoms with E-state index in [1.165, 1.54) is 5.56 Å². The van der Waals surface area contributed by atoms with E-state index in [4.69, 9.17) is 0 Å². The molecule has 0 unspecified atom stereocenters. The molecule has 0 fully saturated rings. The van der Waals surface area contributed by atoms with Crippen molar-refractivity contribution in [3.05, 3.63) is 41.7 Å². The molecule has 0 aliphatic rings. The highest BCUT2D eigenvalue weighted by molar-refractivity contribution is 5.62. The third-order valence-corrected chi connectivity index (χ3v) is 3.38. The van der Waals surface area contributed by atoms with Crippen LogP contribution in [0.3, 0.4) is 0 Å². The normalized spacial score (nSPS) is 10.8. The van der Waals surface area contributed by atoms with Gasteiger partial charge in [0.25, 0.3) is 0 Å². The molecule has 0 spiro atoms. The fraction of sp³-hybridized carbons (Fsp3) is 0.412. The van der Waals surface area contributed by atoms with Crippen molar-refractivity contribution in [3.63, 3.8) is 0 Å². The van der Waals surface area contributed by atoms with Crippen LogP contribution in [0, 0.1) is 0 Å². The predicted octanol–water partition coefficient (Wildman–Crippen LogP) is 4.26. The van der Waals surface area contributed by atoms with Crippen molar-refractivity contribution < 1.29 is 0 Å². The molecule has 3 heteroatoms. The lowest BCUT2D eigenvalue weighted by Gasteiger charge is -2.09. The molecule has 0 bridgehead atoms. The van der Waals surface area contributed by atoms with E-state index in [0.29, 0.717) is 5.92 Å². The van der Waals surface area contributed by atoms with Gasteiger partial charge in [-0.25, -0.2) is 9.97 Å². The van der Waals surface area contributed by atoms with Crippen LogP contribution in [0.1, 0.15) is 44.5 Å². The van der Waals surface area contributed by atoms with E-state index in [9.17, 15) is 0 Å². The minimum absolute atomic E-state index is 0.554. The second-order valence-electron chi connectivity index (χ2n) is 5.33. The first-order chi connectivity index (χ1) is 9.63. The van der Waals surface area contributed by atoms with E-state index in [0.717, 1.165) is 35.7 Å². The van der Waals surface area contributed by atoms with Gasteiger partial charge in [0.1, 0.15) is 11.6 Å². The van der Waals surface area contributed by atoms with Crippen molar-refractivity contribution in [2.75, 3.05) is 12.4 Å². The zero-order valence-electron chi connectivity index (χ0n) is 12.8. The molecule has 1 aromatic carbocycles. The van der Waals surface area contributed by atoms with Crippen molar-refractivity contribution in [2.24, 2.45) is 0 Å². The predicted molar refractivity (Wildman–Crippen MR) is 85.1 cm³/mol. The molecule has 0 amide bonds. The van der Waals surface area contributed by atoms with Gasteiger partial charge in [-0.1, -0.05) is 45.0 Å². The van der Waals surface area contributed by atoms with Crippen molar-refractivity contribution in [3.8, 4) is 11.3 Å². The van der Waals surface area contributed by atoms with Crippen LogP contribution in [0.15, 0.2) is 30.3 Å². The Morgan fingerprint density at radius 3 is 2.35 bits per heavy atom. The average Bonchev–Trinajstić information content (AvgIpc) is 2.47. The molecule has 2 aromatic rings. The molecule has 0 aliphatic carbocycles. The van der Waals surface area contributed by atoms with Crippen molar-refractivity contribution in [1.29, 1.82) is 0 Å². The minimum Gasteiger partial charge on any atom is -0.373 e. The molecule has 0 atom stereocenters. The maximum Gasteiger partial charge on any atom is 0.131 e. The summed E-state index contributed by atoms with van der Waals surface area (Å²) in [5, 5.41) is 3.11. The molecule has 1 aromatic heterocycles. The largest absolute Gasteiger partial charge is 0.373 e. The summed E-state index contributed by atoms with van der Waals surface area (Å²) in [5.74, 6) is 2.34. The molecule has 106 valence electrons. The van der Waals surface area contributed by atoms with E-state index in [-0.39, 0.29) is 0 Å². The third-order valence-electron chi connectivity index (χ3n) is 3.38. The molecule has 20 heavy (non-hydrogen) atoms. The van der Waals surface area contributed by atoms with Gasteiger partial charge in [0.05, 0.1) is 5.69 Å². The summed E-state index contributed by atoms with van der Waals surface area (Å²) in [6, 6.07) is 10.7. The second-order valence-corrected chi connectivity index (χ2v) is 5.33. The zero-order valence-corrected chi connectivity index (χ0v) is 12.8. The van der Waals surface area contributed by atoms with Gasteiger partial charge in [-0.2, -0.15) is 0 Å². The number of aryl methyl sites for hydroxylation is 1. The van der Waals surface area contributed by atoms with E-state index in [1.807, 2.05) is 13.1 Å². The molecule has 0 saturated carbocycles. The lowest BCUT2D eigenvalue weighted by Crippen LogP contribution is -2.01. The average molecular weight is 269 g/mol. The fourth-order valence-corrected chi connectivity index (χ4v) is 2.15. The van der Waals surface area contributed by atoms with Crippen LogP contribution in [-0.4, -0.2) is 17.0 Å². The van der Waals surface area contributed by atoms with Crippen molar-refractivity contribution in [2.45, 2.75) is 39.5 Å². The second kappa shape index (κ2) is 6.51. The fourth-order valence-electron chi connectivity index (χ4n) is 2.15. The summed E-state index contributed by atoms with van der Waals surface area (Å²) in [6.45, 7) is 6.56. The number of rotatable bonds is 5. The topological polar surface area (TPSA) is 37.8 Å². The van der Waals surface area contributed by atoms with Crippen molar-refractivity contribution >= 4 is 5.82 Å². The summed E-state index contributed by atoms with van der Waals surface area (Å²) in [5.41, 5.74) is 3.49. The number of nitrogens with one attached hydrogen (secondary N) is 1. The van der Waals surface area contributed by atoms with Gasteiger partial charge in [0.2, 0.25) is 0 Å². The first-order valence-electron chi connectivity index (χ1n) is 7.30. The Morgan fingerprint density at radius 2 is 1.80 bits per heavy atom. The quantitative estimate of drug-likeness (QED) is 0.881. The maximum absolute atomic E-state index is 4.66. The van der Waals surface area contributed by atoms with Crippen LogP contribution in [-0.2, 0) is 6.42 Å². The maximum atomic E-state index is 4.66. The number of benzene rings is 1. The highest BCUT2D eigenvalue weighted by Crippen LogP contribution is 2.23. The van der Waals surface area contributed by atoms with Gasteiger partial charge in [-0.05, 0) is 17.9 Å².